The summed E-state index contributed by atoms with van der Waals surface area (Å²) < 4.78 is 32.4. The van der Waals surface area contributed by atoms with Gasteiger partial charge < -0.3 is 1.43 Å². The van der Waals surface area contributed by atoms with Gasteiger partial charge in [-0.05, 0) is 54.4 Å². The minimum Gasteiger partial charge on any atom is -1.00 e. The Bertz CT molecular complexity index is 611. The second-order valence-corrected chi connectivity index (χ2v) is 11.2. The average Bonchev–Trinajstić information content (AvgIpc) is 2.57. The molecule has 2 fully saturated rings. The van der Waals surface area contributed by atoms with Crippen molar-refractivity contribution in [3.8, 4) is 0 Å². The van der Waals surface area contributed by atoms with Crippen LogP contribution in [0.1, 0.15) is 65.6 Å². The maximum atomic E-state index is 11.5. The monoisotopic (exact) mass is 362 g/mol. The van der Waals surface area contributed by atoms with Crippen LogP contribution >= 0.6 is 7.92 Å². The standard InChI is InChI=1S/C18H27O3PS.Li.H/c19-23(20,21)18-13-7-12-17(14-18)22(15-8-3-1-4-9-15)16-10-5-2-6-11-16;;/h7,12-16H,1-6,8-11H2,(H,19,20,21);;/q;+1;-1. The number of rotatable bonds is 4. The van der Waals surface area contributed by atoms with Gasteiger partial charge in [-0.25, -0.2) is 0 Å². The van der Waals surface area contributed by atoms with Crippen molar-refractivity contribution in [1.82, 2.24) is 0 Å². The third-order valence-electron chi connectivity index (χ3n) is 5.35. The Morgan fingerprint density at radius 1 is 0.917 bits per heavy atom. The molecule has 0 aromatic heterocycles. The predicted octanol–water partition coefficient (Wildman–Crippen LogP) is 1.82. The molecule has 1 aromatic carbocycles. The molecular formula is C18H28LiO3PS. The molecule has 24 heavy (non-hydrogen) atoms. The van der Waals surface area contributed by atoms with Crippen LogP contribution in [0, 0.1) is 0 Å². The van der Waals surface area contributed by atoms with Gasteiger partial charge in [0.1, 0.15) is 0 Å². The normalized spacial score (nSPS) is 20.8. The van der Waals surface area contributed by atoms with E-state index in [1.54, 1.807) is 12.1 Å². The molecule has 0 spiro atoms. The molecule has 130 valence electrons. The van der Waals surface area contributed by atoms with Crippen LogP contribution in [0.5, 0.6) is 0 Å². The summed E-state index contributed by atoms with van der Waals surface area (Å²) in [5.41, 5.74) is 1.47. The molecular weight excluding hydrogens is 334 g/mol. The van der Waals surface area contributed by atoms with Gasteiger partial charge in [0.05, 0.1) is 4.90 Å². The van der Waals surface area contributed by atoms with Gasteiger partial charge in [-0.15, -0.1) is 0 Å². The maximum absolute atomic E-state index is 11.5. The summed E-state index contributed by atoms with van der Waals surface area (Å²) in [7, 11) is -4.44. The summed E-state index contributed by atoms with van der Waals surface area (Å²) in [6, 6.07) is 7.17. The first-order chi connectivity index (χ1) is 11.1. The summed E-state index contributed by atoms with van der Waals surface area (Å²) in [5, 5.41) is 1.19. The molecule has 6 heteroatoms. The van der Waals surface area contributed by atoms with Gasteiger partial charge in [-0.3, -0.25) is 4.55 Å². The molecule has 2 aliphatic carbocycles. The van der Waals surface area contributed by atoms with Gasteiger partial charge in [0.15, 0.2) is 0 Å². The van der Waals surface area contributed by atoms with Crippen molar-refractivity contribution in [3.05, 3.63) is 24.3 Å². The van der Waals surface area contributed by atoms with Crippen molar-refractivity contribution < 1.29 is 33.3 Å². The molecule has 1 N–H and O–H groups in total. The second-order valence-electron chi connectivity index (χ2n) is 6.96. The van der Waals surface area contributed by atoms with Crippen LogP contribution in [-0.2, 0) is 10.1 Å². The zero-order valence-corrected chi connectivity index (χ0v) is 16.4. The molecule has 0 unspecified atom stereocenters. The molecule has 2 aliphatic rings. The van der Waals surface area contributed by atoms with Crippen LogP contribution in [0.2, 0.25) is 0 Å². The van der Waals surface area contributed by atoms with E-state index in [-0.39, 0.29) is 33.1 Å². The summed E-state index contributed by atoms with van der Waals surface area (Å²) in [5.74, 6) is 0. The van der Waals surface area contributed by atoms with E-state index in [0.29, 0.717) is 0 Å². The average molecular weight is 362 g/mol. The molecule has 0 aliphatic heterocycles. The zero-order chi connectivity index (χ0) is 16.3. The van der Waals surface area contributed by atoms with E-state index >= 15 is 0 Å². The maximum Gasteiger partial charge on any atom is 1.00 e. The Morgan fingerprint density at radius 2 is 1.42 bits per heavy atom. The number of hydrogen-bond donors (Lipinski definition) is 1. The minimum atomic E-state index is -4.11. The second kappa shape index (κ2) is 9.20. The Kier molecular flexibility index (Phi) is 7.84. The van der Waals surface area contributed by atoms with Crippen LogP contribution in [0.4, 0.5) is 0 Å². The Morgan fingerprint density at radius 3 is 1.88 bits per heavy atom. The molecule has 0 amide bonds. The van der Waals surface area contributed by atoms with E-state index < -0.39 is 10.1 Å². The minimum absolute atomic E-state index is 0. The molecule has 2 saturated carbocycles. The Hall–Kier alpha value is 0.157. The van der Waals surface area contributed by atoms with Crippen LogP contribution in [0.15, 0.2) is 29.2 Å². The van der Waals surface area contributed by atoms with Crippen molar-refractivity contribution >= 4 is 23.3 Å². The van der Waals surface area contributed by atoms with E-state index in [2.05, 4.69) is 6.07 Å². The third kappa shape index (κ3) is 5.09. The summed E-state index contributed by atoms with van der Waals surface area (Å²) in [6.45, 7) is 0. The molecule has 0 heterocycles. The largest absolute Gasteiger partial charge is 1.00 e. The van der Waals surface area contributed by atoms with Gasteiger partial charge in [-0.2, -0.15) is 8.42 Å². The van der Waals surface area contributed by atoms with Gasteiger partial charge in [0.25, 0.3) is 10.1 Å². The van der Waals surface area contributed by atoms with Gasteiger partial charge in [0.2, 0.25) is 0 Å². The topological polar surface area (TPSA) is 54.4 Å². The van der Waals surface area contributed by atoms with Crippen molar-refractivity contribution in [1.29, 1.82) is 0 Å². The fourth-order valence-electron chi connectivity index (χ4n) is 4.24. The van der Waals surface area contributed by atoms with Crippen molar-refractivity contribution in [2.45, 2.75) is 80.4 Å². The van der Waals surface area contributed by atoms with E-state index in [1.807, 2.05) is 0 Å². The van der Waals surface area contributed by atoms with E-state index in [1.165, 1.54) is 75.6 Å². The van der Waals surface area contributed by atoms with Crippen LogP contribution < -0.4 is 24.2 Å². The van der Waals surface area contributed by atoms with E-state index in [9.17, 15) is 13.0 Å². The molecule has 3 nitrogen and oxygen atoms in total. The van der Waals surface area contributed by atoms with Crippen molar-refractivity contribution in [3.63, 3.8) is 0 Å². The smallest absolute Gasteiger partial charge is 1.00 e. The van der Waals surface area contributed by atoms with Crippen LogP contribution in [-0.4, -0.2) is 24.3 Å². The van der Waals surface area contributed by atoms with Crippen molar-refractivity contribution in [2.24, 2.45) is 0 Å². The first kappa shape index (κ1) is 20.5. The molecule has 0 bridgehead atoms. The summed E-state index contributed by atoms with van der Waals surface area (Å²) >= 11 is 0. The Balaban J connectivity index is 0.00000156. The van der Waals surface area contributed by atoms with Crippen molar-refractivity contribution in [2.75, 3.05) is 0 Å². The fourth-order valence-corrected chi connectivity index (χ4v) is 8.69. The Labute approximate surface area is 161 Å². The summed E-state index contributed by atoms with van der Waals surface area (Å²) in [4.78, 5) is 0.0640. The molecule has 1 aromatic rings. The molecule has 0 saturated heterocycles. The van der Waals surface area contributed by atoms with E-state index in [4.69, 9.17) is 0 Å². The third-order valence-corrected chi connectivity index (χ3v) is 9.68. The number of hydrogen-bond acceptors (Lipinski definition) is 2. The number of benzene rings is 1. The molecule has 3 rings (SSSR count). The molecule has 0 radical (unpaired) electrons. The van der Waals surface area contributed by atoms with Crippen LogP contribution in [0.3, 0.4) is 0 Å². The predicted molar refractivity (Wildman–Crippen MR) is 97.7 cm³/mol. The van der Waals surface area contributed by atoms with Gasteiger partial charge >= 0.3 is 18.9 Å². The zero-order valence-electron chi connectivity index (χ0n) is 15.7. The van der Waals surface area contributed by atoms with Gasteiger partial charge in [0, 0.05) is 0 Å². The fraction of sp³-hybridized carbons (Fsp3) is 0.667. The molecule has 0 atom stereocenters. The van der Waals surface area contributed by atoms with Gasteiger partial charge in [-0.1, -0.05) is 58.6 Å². The van der Waals surface area contributed by atoms with E-state index in [0.717, 1.165) is 11.3 Å². The first-order valence-corrected chi connectivity index (χ1v) is 11.8. The summed E-state index contributed by atoms with van der Waals surface area (Å²) in [6.07, 6.45) is 13.1. The SMILES string of the molecule is O=S(=O)(O)c1cccc(P(C2CCCCC2)C2CCCCC2)c1.[H-].[Li+]. The quantitative estimate of drug-likeness (QED) is 0.505. The van der Waals surface area contributed by atoms with Crippen LogP contribution in [0.25, 0.3) is 0 Å². The first-order valence-electron chi connectivity index (χ1n) is 8.91.